The summed E-state index contributed by atoms with van der Waals surface area (Å²) in [6.07, 6.45) is 0. The second-order valence-electron chi connectivity index (χ2n) is 9.38. The first-order valence-electron chi connectivity index (χ1n) is 12.5. The van der Waals surface area contributed by atoms with Gasteiger partial charge in [0.1, 0.15) is 5.82 Å². The zero-order valence-electron chi connectivity index (χ0n) is 20.7. The van der Waals surface area contributed by atoms with E-state index in [1.54, 1.807) is 41.3 Å². The van der Waals surface area contributed by atoms with Crippen molar-refractivity contribution >= 4 is 34.8 Å². The van der Waals surface area contributed by atoms with Crippen molar-refractivity contribution in [2.75, 3.05) is 49.5 Å². The second kappa shape index (κ2) is 11.0. The van der Waals surface area contributed by atoms with E-state index in [9.17, 15) is 23.6 Å². The van der Waals surface area contributed by atoms with Crippen molar-refractivity contribution in [3.8, 4) is 0 Å². The molecular weight excluding hydrogens is 487 g/mol. The molecule has 0 atom stereocenters. The summed E-state index contributed by atoms with van der Waals surface area (Å²) in [5.41, 5.74) is 3.43. The quantitative estimate of drug-likeness (QED) is 0.527. The molecule has 6 rings (SSSR count). The summed E-state index contributed by atoms with van der Waals surface area (Å²) in [5.74, 6) is -2.02. The topological polar surface area (TPSA) is 90.0 Å². The fourth-order valence-corrected chi connectivity index (χ4v) is 4.82. The van der Waals surface area contributed by atoms with Crippen molar-refractivity contribution in [1.29, 1.82) is 0 Å². The lowest BCUT2D eigenvalue weighted by molar-refractivity contribution is -0.114. The number of hydrogen-bond acceptors (Lipinski definition) is 6. The summed E-state index contributed by atoms with van der Waals surface area (Å²) in [6, 6.07) is 20.7. The van der Waals surface area contributed by atoms with Crippen molar-refractivity contribution in [1.82, 2.24) is 9.80 Å². The molecule has 0 spiro atoms. The number of carbonyl (C=O) groups is 4. The fourth-order valence-electron chi connectivity index (χ4n) is 4.82. The van der Waals surface area contributed by atoms with Gasteiger partial charge in [0.2, 0.25) is 0 Å². The van der Waals surface area contributed by atoms with Crippen molar-refractivity contribution in [3.05, 3.63) is 95.3 Å². The number of nitrogens with one attached hydrogen (secondary N) is 1. The zero-order chi connectivity index (χ0) is 26.6. The van der Waals surface area contributed by atoms with Crippen LogP contribution >= 0.6 is 0 Å². The third kappa shape index (κ3) is 5.39. The van der Waals surface area contributed by atoms with E-state index in [4.69, 9.17) is 0 Å². The Morgan fingerprint density at radius 3 is 2.03 bits per heavy atom. The van der Waals surface area contributed by atoms with Crippen LogP contribution in [0.2, 0.25) is 0 Å². The smallest absolute Gasteiger partial charge is 0.299 e. The lowest BCUT2D eigenvalue weighted by atomic mass is 10.1. The van der Waals surface area contributed by atoms with Gasteiger partial charge < -0.3 is 10.2 Å². The molecular formula is C29H27FN4O4. The monoisotopic (exact) mass is 514 g/mol. The molecule has 1 N–H and O–H groups in total. The van der Waals surface area contributed by atoms with Crippen LogP contribution in [0.4, 0.5) is 15.8 Å². The Labute approximate surface area is 219 Å². The van der Waals surface area contributed by atoms with Crippen LogP contribution in [0.25, 0.3) is 0 Å². The Kier molecular flexibility index (Phi) is 7.39. The van der Waals surface area contributed by atoms with Gasteiger partial charge in [-0.2, -0.15) is 0 Å². The molecule has 0 aromatic heterocycles. The van der Waals surface area contributed by atoms with Gasteiger partial charge in [0, 0.05) is 45.8 Å². The van der Waals surface area contributed by atoms with Crippen molar-refractivity contribution in [3.63, 3.8) is 0 Å². The number of carbonyl (C=O) groups excluding carboxylic acids is 4. The van der Waals surface area contributed by atoms with Crippen molar-refractivity contribution < 1.29 is 23.6 Å². The number of ketones is 2. The van der Waals surface area contributed by atoms with Gasteiger partial charge in [0.05, 0.1) is 22.5 Å². The third-order valence-corrected chi connectivity index (χ3v) is 6.93. The lowest BCUT2D eigenvalue weighted by Crippen LogP contribution is -2.48. The van der Waals surface area contributed by atoms with Gasteiger partial charge >= 0.3 is 0 Å². The summed E-state index contributed by atoms with van der Waals surface area (Å²) in [7, 11) is 0. The van der Waals surface area contributed by atoms with Gasteiger partial charge in [-0.25, -0.2) is 4.39 Å². The maximum Gasteiger partial charge on any atom is 0.299 e. The Balaban J connectivity index is 0.000000222. The molecule has 1 saturated heterocycles. The largest absolute Gasteiger partial charge is 0.318 e. The standard InChI is InChI=1S/C21H22FN3O2.C8H5NO2/c22-17-7-5-16(6-8-17)15-24-11-9-23(10-12-24)13-14-25-19-4-2-1-3-18(19)20(26)21(25)27;10-7-5-3-1-2-4-6(5)9-8(7)11/h1-8H,9-15H2;1-4H,(H,9,10,11). The normalized spacial score (nSPS) is 17.1. The molecule has 1 fully saturated rings. The highest BCUT2D eigenvalue weighted by Gasteiger charge is 2.35. The number of benzene rings is 3. The van der Waals surface area contributed by atoms with Gasteiger partial charge in [-0.3, -0.25) is 29.0 Å². The Morgan fingerprint density at radius 2 is 1.32 bits per heavy atom. The average molecular weight is 515 g/mol. The van der Waals surface area contributed by atoms with Crippen LogP contribution in [0.5, 0.6) is 0 Å². The van der Waals surface area contributed by atoms with Gasteiger partial charge in [-0.15, -0.1) is 0 Å². The number of piperazine rings is 1. The van der Waals surface area contributed by atoms with E-state index >= 15 is 0 Å². The number of Topliss-reactive ketones (excluding diaryl/α,β-unsaturated/α-hetero) is 2. The van der Waals surface area contributed by atoms with Crippen LogP contribution in [0.3, 0.4) is 0 Å². The SMILES string of the molecule is O=C1C(=O)N(CCN2CCN(Cc3ccc(F)cc3)CC2)c2ccccc21.O=C1Nc2ccccc2C1=O. The second-order valence-corrected chi connectivity index (χ2v) is 9.38. The number of anilines is 2. The number of halogens is 1. The van der Waals surface area contributed by atoms with E-state index in [-0.39, 0.29) is 5.82 Å². The molecule has 0 radical (unpaired) electrons. The number of para-hydroxylation sites is 2. The molecule has 0 aliphatic carbocycles. The van der Waals surface area contributed by atoms with E-state index in [2.05, 4.69) is 15.1 Å². The van der Waals surface area contributed by atoms with Gasteiger partial charge in [-0.05, 0) is 42.0 Å². The molecule has 3 aromatic rings. The third-order valence-electron chi connectivity index (χ3n) is 6.93. The van der Waals surface area contributed by atoms with E-state index in [1.807, 2.05) is 24.3 Å². The Morgan fingerprint density at radius 1 is 0.684 bits per heavy atom. The highest BCUT2D eigenvalue weighted by molar-refractivity contribution is 6.52. The van der Waals surface area contributed by atoms with Crippen LogP contribution in [-0.2, 0) is 16.1 Å². The van der Waals surface area contributed by atoms with Gasteiger partial charge in [0.25, 0.3) is 23.4 Å². The number of fused-ring (bicyclic) bond motifs is 2. The van der Waals surface area contributed by atoms with E-state index < -0.39 is 23.4 Å². The molecule has 3 heterocycles. The van der Waals surface area contributed by atoms with Crippen LogP contribution < -0.4 is 10.2 Å². The summed E-state index contributed by atoms with van der Waals surface area (Å²) in [6.45, 7) is 5.79. The summed E-state index contributed by atoms with van der Waals surface area (Å²) < 4.78 is 13.0. The molecule has 0 saturated carbocycles. The summed E-state index contributed by atoms with van der Waals surface area (Å²) in [4.78, 5) is 52.3. The van der Waals surface area contributed by atoms with E-state index in [0.717, 1.165) is 50.5 Å². The highest BCUT2D eigenvalue weighted by atomic mass is 19.1. The first-order valence-corrected chi connectivity index (χ1v) is 12.5. The van der Waals surface area contributed by atoms with E-state index in [0.29, 0.717) is 23.4 Å². The number of hydrogen-bond donors (Lipinski definition) is 1. The Hall–Kier alpha value is -4.21. The molecule has 2 amide bonds. The zero-order valence-corrected chi connectivity index (χ0v) is 20.7. The fraction of sp³-hybridized carbons (Fsp3) is 0.241. The minimum atomic E-state index is -0.536. The average Bonchev–Trinajstić information content (AvgIpc) is 3.37. The first-order chi connectivity index (χ1) is 18.4. The number of amides is 2. The predicted molar refractivity (Wildman–Crippen MR) is 141 cm³/mol. The number of nitrogens with zero attached hydrogens (tertiary/aromatic N) is 3. The molecule has 3 aliphatic heterocycles. The predicted octanol–water partition coefficient (Wildman–Crippen LogP) is 2.99. The molecule has 9 heteroatoms. The van der Waals surface area contributed by atoms with Crippen molar-refractivity contribution in [2.24, 2.45) is 0 Å². The van der Waals surface area contributed by atoms with Gasteiger partial charge in [-0.1, -0.05) is 36.4 Å². The summed E-state index contributed by atoms with van der Waals surface area (Å²) >= 11 is 0. The van der Waals surface area contributed by atoms with Crippen LogP contribution in [0.1, 0.15) is 26.3 Å². The molecule has 3 aromatic carbocycles. The summed E-state index contributed by atoms with van der Waals surface area (Å²) in [5, 5.41) is 2.46. The van der Waals surface area contributed by atoms with Crippen molar-refractivity contribution in [2.45, 2.75) is 6.54 Å². The van der Waals surface area contributed by atoms with Gasteiger partial charge in [0.15, 0.2) is 0 Å². The molecule has 38 heavy (non-hydrogen) atoms. The van der Waals surface area contributed by atoms with E-state index in [1.165, 1.54) is 12.1 Å². The molecule has 0 bridgehead atoms. The molecule has 8 nitrogen and oxygen atoms in total. The molecule has 194 valence electrons. The minimum Gasteiger partial charge on any atom is -0.318 e. The van der Waals surface area contributed by atoms with Crippen LogP contribution in [0.15, 0.2) is 72.8 Å². The maximum absolute atomic E-state index is 13.0. The molecule has 3 aliphatic rings. The Bertz CT molecular complexity index is 1380. The molecule has 0 unspecified atom stereocenters. The maximum atomic E-state index is 13.0. The number of rotatable bonds is 5. The highest BCUT2D eigenvalue weighted by Crippen LogP contribution is 2.28. The van der Waals surface area contributed by atoms with Crippen LogP contribution in [0, 0.1) is 5.82 Å². The van der Waals surface area contributed by atoms with Crippen LogP contribution in [-0.4, -0.2) is 72.4 Å². The lowest BCUT2D eigenvalue weighted by Gasteiger charge is -2.35. The first kappa shape index (κ1) is 25.4. The minimum absolute atomic E-state index is 0.208.